The molecule has 0 aliphatic heterocycles. The average Bonchev–Trinajstić information content (AvgIpc) is 2.61. The molecule has 2 unspecified atom stereocenters. The van der Waals surface area contributed by atoms with Crippen LogP contribution in [0.15, 0.2) is 18.2 Å². The summed E-state index contributed by atoms with van der Waals surface area (Å²) in [6.45, 7) is 2.26. The molecular weight excluding hydrogens is 240 g/mol. The molecule has 0 radical (unpaired) electrons. The molecule has 1 saturated carbocycles. The Kier molecular flexibility index (Phi) is 4.35. The molecule has 1 aliphatic carbocycles. The number of hydrogen-bond donors (Lipinski definition) is 1. The maximum atomic E-state index is 11.0. The van der Waals surface area contributed by atoms with Crippen molar-refractivity contribution < 1.29 is 14.6 Å². The zero-order chi connectivity index (χ0) is 13.9. The standard InChI is InChI=1S/C16H24O3/c1-12-5-4-9-16(17,10-8-12)14-11-13(18-2)6-7-15(14)19-3/h6-7,11-12,17H,4-5,8-10H2,1-3H3. The number of aliphatic hydroxyl groups is 1. The van der Waals surface area contributed by atoms with Crippen LogP contribution in [0, 0.1) is 5.92 Å². The molecule has 3 nitrogen and oxygen atoms in total. The van der Waals surface area contributed by atoms with Crippen LogP contribution in [-0.2, 0) is 5.60 Å². The Morgan fingerprint density at radius 3 is 2.63 bits per heavy atom. The summed E-state index contributed by atoms with van der Waals surface area (Å²) >= 11 is 0. The van der Waals surface area contributed by atoms with E-state index < -0.39 is 5.60 Å². The monoisotopic (exact) mass is 264 g/mol. The van der Waals surface area contributed by atoms with Crippen LogP contribution >= 0.6 is 0 Å². The van der Waals surface area contributed by atoms with Gasteiger partial charge in [-0.25, -0.2) is 0 Å². The van der Waals surface area contributed by atoms with E-state index >= 15 is 0 Å². The molecule has 0 amide bonds. The Morgan fingerprint density at radius 2 is 1.95 bits per heavy atom. The number of methoxy groups -OCH3 is 2. The highest BCUT2D eigenvalue weighted by Gasteiger charge is 2.34. The fourth-order valence-corrected chi connectivity index (χ4v) is 2.94. The molecule has 0 bridgehead atoms. The maximum Gasteiger partial charge on any atom is 0.125 e. The minimum Gasteiger partial charge on any atom is -0.497 e. The van der Waals surface area contributed by atoms with Crippen molar-refractivity contribution in [3.63, 3.8) is 0 Å². The van der Waals surface area contributed by atoms with Crippen molar-refractivity contribution in [3.8, 4) is 11.5 Å². The topological polar surface area (TPSA) is 38.7 Å². The zero-order valence-electron chi connectivity index (χ0n) is 12.1. The molecule has 0 aromatic heterocycles. The third-order valence-electron chi connectivity index (χ3n) is 4.25. The summed E-state index contributed by atoms with van der Waals surface area (Å²) in [4.78, 5) is 0. The van der Waals surface area contributed by atoms with Crippen molar-refractivity contribution in [3.05, 3.63) is 23.8 Å². The van der Waals surface area contributed by atoms with Gasteiger partial charge in [-0.2, -0.15) is 0 Å². The summed E-state index contributed by atoms with van der Waals surface area (Å²) in [6.07, 6.45) is 4.88. The lowest BCUT2D eigenvalue weighted by Crippen LogP contribution is -2.25. The summed E-state index contributed by atoms with van der Waals surface area (Å²) in [5, 5.41) is 11.0. The summed E-state index contributed by atoms with van der Waals surface area (Å²) in [6, 6.07) is 5.65. The van der Waals surface area contributed by atoms with Gasteiger partial charge < -0.3 is 14.6 Å². The van der Waals surface area contributed by atoms with Crippen molar-refractivity contribution in [2.24, 2.45) is 5.92 Å². The molecule has 1 N–H and O–H groups in total. The van der Waals surface area contributed by atoms with Gasteiger partial charge in [-0.15, -0.1) is 0 Å². The fourth-order valence-electron chi connectivity index (χ4n) is 2.94. The number of benzene rings is 1. The van der Waals surface area contributed by atoms with Crippen molar-refractivity contribution in [1.29, 1.82) is 0 Å². The Labute approximate surface area is 115 Å². The van der Waals surface area contributed by atoms with Crippen LogP contribution in [0.5, 0.6) is 11.5 Å². The van der Waals surface area contributed by atoms with E-state index in [-0.39, 0.29) is 0 Å². The lowest BCUT2D eigenvalue weighted by molar-refractivity contribution is 0.0174. The highest BCUT2D eigenvalue weighted by molar-refractivity contribution is 5.44. The molecule has 2 rings (SSSR count). The molecule has 19 heavy (non-hydrogen) atoms. The molecule has 1 fully saturated rings. The number of rotatable bonds is 3. The quantitative estimate of drug-likeness (QED) is 0.849. The highest BCUT2D eigenvalue weighted by atomic mass is 16.5. The van der Waals surface area contributed by atoms with Gasteiger partial charge in [-0.3, -0.25) is 0 Å². The van der Waals surface area contributed by atoms with Gasteiger partial charge >= 0.3 is 0 Å². The minimum absolute atomic E-state index is 0.686. The second kappa shape index (κ2) is 5.83. The average molecular weight is 264 g/mol. The SMILES string of the molecule is COc1ccc(OC)c(C2(O)CCCC(C)CC2)c1. The third-order valence-corrected chi connectivity index (χ3v) is 4.25. The van der Waals surface area contributed by atoms with Gasteiger partial charge in [0.25, 0.3) is 0 Å². The number of ether oxygens (including phenoxy) is 2. The van der Waals surface area contributed by atoms with E-state index in [1.807, 2.05) is 18.2 Å². The van der Waals surface area contributed by atoms with Gasteiger partial charge in [-0.1, -0.05) is 13.3 Å². The second-order valence-electron chi connectivity index (χ2n) is 5.63. The summed E-state index contributed by atoms with van der Waals surface area (Å²) < 4.78 is 10.7. The van der Waals surface area contributed by atoms with Crippen LogP contribution in [0.3, 0.4) is 0 Å². The van der Waals surface area contributed by atoms with E-state index in [4.69, 9.17) is 9.47 Å². The van der Waals surface area contributed by atoms with Crippen molar-refractivity contribution >= 4 is 0 Å². The predicted molar refractivity (Wildman–Crippen MR) is 75.7 cm³/mol. The van der Waals surface area contributed by atoms with Crippen LogP contribution in [0.2, 0.25) is 0 Å². The van der Waals surface area contributed by atoms with Gasteiger partial charge in [0.2, 0.25) is 0 Å². The molecule has 3 heteroatoms. The van der Waals surface area contributed by atoms with Crippen LogP contribution in [0.25, 0.3) is 0 Å². The van der Waals surface area contributed by atoms with E-state index in [2.05, 4.69) is 6.92 Å². The van der Waals surface area contributed by atoms with Crippen molar-refractivity contribution in [2.45, 2.75) is 44.6 Å². The Balaban J connectivity index is 2.37. The van der Waals surface area contributed by atoms with Gasteiger partial charge in [0.05, 0.1) is 19.8 Å². The van der Waals surface area contributed by atoms with Gasteiger partial charge in [0.1, 0.15) is 11.5 Å². The maximum absolute atomic E-state index is 11.0. The summed E-state index contributed by atoms with van der Waals surface area (Å²) in [5.74, 6) is 2.20. The molecule has 1 aromatic rings. The molecule has 1 aliphatic rings. The first kappa shape index (κ1) is 14.2. The molecule has 0 saturated heterocycles. The first-order valence-electron chi connectivity index (χ1n) is 7.04. The Hall–Kier alpha value is -1.22. The summed E-state index contributed by atoms with van der Waals surface area (Å²) in [5.41, 5.74) is 0.0772. The summed E-state index contributed by atoms with van der Waals surface area (Å²) in [7, 11) is 3.29. The highest BCUT2D eigenvalue weighted by Crippen LogP contribution is 2.42. The van der Waals surface area contributed by atoms with Crippen LogP contribution in [0.1, 0.15) is 44.6 Å². The fraction of sp³-hybridized carbons (Fsp3) is 0.625. The van der Waals surface area contributed by atoms with Gasteiger partial charge in [0, 0.05) is 5.56 Å². The lowest BCUT2D eigenvalue weighted by Gasteiger charge is -2.29. The van der Waals surface area contributed by atoms with Crippen LogP contribution in [0.4, 0.5) is 0 Å². The number of hydrogen-bond acceptors (Lipinski definition) is 3. The molecule has 1 aromatic carbocycles. The zero-order valence-corrected chi connectivity index (χ0v) is 12.1. The second-order valence-corrected chi connectivity index (χ2v) is 5.63. The first-order chi connectivity index (χ1) is 9.09. The third kappa shape index (κ3) is 3.03. The Morgan fingerprint density at radius 1 is 1.16 bits per heavy atom. The van der Waals surface area contributed by atoms with Gasteiger partial charge in [0.15, 0.2) is 0 Å². The lowest BCUT2D eigenvalue weighted by atomic mass is 9.85. The largest absolute Gasteiger partial charge is 0.497 e. The van der Waals surface area contributed by atoms with Crippen molar-refractivity contribution in [1.82, 2.24) is 0 Å². The molecular formula is C16H24O3. The van der Waals surface area contributed by atoms with Crippen LogP contribution < -0.4 is 9.47 Å². The van der Waals surface area contributed by atoms with E-state index in [0.717, 1.165) is 42.7 Å². The first-order valence-corrected chi connectivity index (χ1v) is 7.04. The molecule has 2 atom stereocenters. The molecule has 0 spiro atoms. The predicted octanol–water partition coefficient (Wildman–Crippen LogP) is 3.49. The van der Waals surface area contributed by atoms with Gasteiger partial charge in [-0.05, 0) is 49.8 Å². The smallest absolute Gasteiger partial charge is 0.125 e. The van der Waals surface area contributed by atoms with E-state index in [9.17, 15) is 5.11 Å². The molecule has 106 valence electrons. The minimum atomic E-state index is -0.787. The van der Waals surface area contributed by atoms with Crippen molar-refractivity contribution in [2.75, 3.05) is 14.2 Å². The van der Waals surface area contributed by atoms with E-state index in [0.29, 0.717) is 5.92 Å². The van der Waals surface area contributed by atoms with Crippen LogP contribution in [-0.4, -0.2) is 19.3 Å². The normalized spacial score (nSPS) is 27.7. The molecule has 0 heterocycles. The Bertz CT molecular complexity index is 430. The van der Waals surface area contributed by atoms with E-state index in [1.165, 1.54) is 6.42 Å². The van der Waals surface area contributed by atoms with E-state index in [1.54, 1.807) is 14.2 Å².